The number of allylic oxidation sites excluding steroid dienone is 2. The molecule has 0 spiro atoms. The molecule has 47 heavy (non-hydrogen) atoms. The Balaban J connectivity index is 1.27. The summed E-state index contributed by atoms with van der Waals surface area (Å²) in [6.07, 6.45) is 15.7. The number of esters is 2. The normalized spacial score (nSPS) is 17.0. The SMILES string of the molecule is CCCCCCCCCC(=O)OC(C(=O)OCC)n1c(=O)ccc2ccc(OCCCCNCCN=C3C=CCC4SCC=C34)cc21. The first kappa shape index (κ1) is 36.5. The number of pyridine rings is 1. The zero-order chi connectivity index (χ0) is 33.3. The quantitative estimate of drug-likeness (QED) is 0.113. The lowest BCUT2D eigenvalue weighted by Crippen LogP contribution is -2.34. The topological polar surface area (TPSA) is 108 Å². The van der Waals surface area contributed by atoms with Gasteiger partial charge in [0.15, 0.2) is 0 Å². The third-order valence-electron chi connectivity index (χ3n) is 8.31. The van der Waals surface area contributed by atoms with Gasteiger partial charge in [-0.25, -0.2) is 4.79 Å². The van der Waals surface area contributed by atoms with E-state index in [2.05, 4.69) is 30.5 Å². The first-order chi connectivity index (χ1) is 23.0. The Kier molecular flexibility index (Phi) is 15.6. The van der Waals surface area contributed by atoms with E-state index in [1.807, 2.05) is 23.9 Å². The predicted molar refractivity (Wildman–Crippen MR) is 191 cm³/mol. The summed E-state index contributed by atoms with van der Waals surface area (Å²) in [6.45, 7) is 6.90. The van der Waals surface area contributed by atoms with Crippen molar-refractivity contribution in [1.82, 2.24) is 9.88 Å². The average Bonchev–Trinajstić information content (AvgIpc) is 3.56. The minimum atomic E-state index is -1.51. The molecule has 256 valence electrons. The highest BCUT2D eigenvalue weighted by atomic mass is 32.2. The van der Waals surface area contributed by atoms with Gasteiger partial charge in [0, 0.05) is 36.1 Å². The number of hydrogen-bond acceptors (Lipinski definition) is 9. The van der Waals surface area contributed by atoms with Gasteiger partial charge in [-0.3, -0.25) is 19.1 Å². The van der Waals surface area contributed by atoms with E-state index in [0.717, 1.165) is 69.6 Å². The van der Waals surface area contributed by atoms with Crippen LogP contribution in [0.4, 0.5) is 0 Å². The second-order valence-electron chi connectivity index (χ2n) is 11.9. The van der Waals surface area contributed by atoms with Gasteiger partial charge in [0.25, 0.3) is 11.8 Å². The third-order valence-corrected chi connectivity index (χ3v) is 9.52. The van der Waals surface area contributed by atoms with Gasteiger partial charge < -0.3 is 19.5 Å². The number of aliphatic imine (C=N–C) groups is 1. The van der Waals surface area contributed by atoms with E-state index in [4.69, 9.17) is 19.2 Å². The molecule has 0 amide bonds. The highest BCUT2D eigenvalue weighted by Crippen LogP contribution is 2.33. The van der Waals surface area contributed by atoms with Crippen LogP contribution in [0.2, 0.25) is 0 Å². The molecular weight excluding hydrogens is 614 g/mol. The number of carbonyl (C=O) groups is 2. The predicted octanol–water partition coefficient (Wildman–Crippen LogP) is 6.94. The Labute approximate surface area is 283 Å². The Bertz CT molecular complexity index is 1470. The molecule has 0 saturated heterocycles. The van der Waals surface area contributed by atoms with Gasteiger partial charge >= 0.3 is 11.9 Å². The van der Waals surface area contributed by atoms with E-state index in [-0.39, 0.29) is 13.0 Å². The molecule has 1 aliphatic heterocycles. The number of ether oxygens (including phenoxy) is 3. The van der Waals surface area contributed by atoms with Crippen molar-refractivity contribution in [3.05, 3.63) is 64.5 Å². The molecule has 0 saturated carbocycles. The van der Waals surface area contributed by atoms with Crippen LogP contribution in [0.15, 0.2) is 63.9 Å². The van der Waals surface area contributed by atoms with E-state index in [9.17, 15) is 14.4 Å². The van der Waals surface area contributed by atoms with Crippen LogP contribution in [0.3, 0.4) is 0 Å². The van der Waals surface area contributed by atoms with E-state index in [0.29, 0.717) is 34.9 Å². The number of unbranched alkanes of at least 4 members (excludes halogenated alkanes) is 7. The Morgan fingerprint density at radius 1 is 1.02 bits per heavy atom. The van der Waals surface area contributed by atoms with Crippen LogP contribution in [-0.4, -0.2) is 66.1 Å². The zero-order valence-corrected chi connectivity index (χ0v) is 28.9. The van der Waals surface area contributed by atoms with Gasteiger partial charge in [0.05, 0.1) is 31.0 Å². The number of fused-ring (bicyclic) bond motifs is 2. The van der Waals surface area contributed by atoms with Crippen molar-refractivity contribution in [2.24, 2.45) is 4.99 Å². The van der Waals surface area contributed by atoms with E-state index < -0.39 is 23.7 Å². The summed E-state index contributed by atoms with van der Waals surface area (Å²) in [5.74, 6) is 0.340. The molecule has 2 aromatic rings. The number of rotatable bonds is 21. The lowest BCUT2D eigenvalue weighted by atomic mass is 9.98. The lowest BCUT2D eigenvalue weighted by molar-refractivity contribution is -0.174. The molecule has 1 aromatic carbocycles. The second kappa shape index (κ2) is 20.1. The molecule has 2 unspecified atom stereocenters. The van der Waals surface area contributed by atoms with Gasteiger partial charge in [-0.05, 0) is 74.4 Å². The maximum Gasteiger partial charge on any atom is 0.369 e. The molecule has 1 aromatic heterocycles. The summed E-state index contributed by atoms with van der Waals surface area (Å²) in [7, 11) is 0. The van der Waals surface area contributed by atoms with Crippen LogP contribution in [-0.2, 0) is 19.1 Å². The lowest BCUT2D eigenvalue weighted by Gasteiger charge is -2.21. The molecule has 4 rings (SSSR count). The molecule has 10 heteroatoms. The van der Waals surface area contributed by atoms with Gasteiger partial charge in [0.2, 0.25) is 0 Å². The molecule has 0 bridgehead atoms. The van der Waals surface area contributed by atoms with Crippen LogP contribution < -0.4 is 15.6 Å². The zero-order valence-electron chi connectivity index (χ0n) is 28.0. The minimum Gasteiger partial charge on any atom is -0.494 e. The highest BCUT2D eigenvalue weighted by molar-refractivity contribution is 8.00. The Hall–Kier alpha value is -3.37. The summed E-state index contributed by atoms with van der Waals surface area (Å²) in [6, 6.07) is 8.43. The van der Waals surface area contributed by atoms with Crippen molar-refractivity contribution < 1.29 is 23.8 Å². The Morgan fingerprint density at radius 2 is 1.83 bits per heavy atom. The fourth-order valence-electron chi connectivity index (χ4n) is 5.80. The molecule has 2 heterocycles. The second-order valence-corrected chi connectivity index (χ2v) is 13.2. The molecule has 9 nitrogen and oxygen atoms in total. The average molecular weight is 666 g/mol. The largest absolute Gasteiger partial charge is 0.494 e. The number of benzene rings is 1. The van der Waals surface area contributed by atoms with E-state index in [1.165, 1.54) is 35.5 Å². The van der Waals surface area contributed by atoms with Crippen molar-refractivity contribution in [3.8, 4) is 5.75 Å². The smallest absolute Gasteiger partial charge is 0.369 e. The monoisotopic (exact) mass is 665 g/mol. The standard InChI is InChI=1S/C37H51N3O6S/c1-3-5-6-7-8-9-10-16-35(42)46-36(37(43)44-4-2)40-32-27-29(19-17-28(32)18-20-34(40)41)45-25-12-11-22-38-23-24-39-31-14-13-15-33-30(31)21-26-47-33/h13-14,17-21,27,33,36,38H,3-12,15-16,22-26H2,1-2H3. The molecule has 2 aliphatic rings. The first-order valence-corrected chi connectivity index (χ1v) is 18.4. The van der Waals surface area contributed by atoms with E-state index in [1.54, 1.807) is 19.1 Å². The van der Waals surface area contributed by atoms with Crippen LogP contribution in [0.5, 0.6) is 5.75 Å². The molecule has 1 N–H and O–H groups in total. The summed E-state index contributed by atoms with van der Waals surface area (Å²) in [5, 5.41) is 4.76. The fraction of sp³-hybridized carbons (Fsp3) is 0.568. The molecule has 1 aliphatic carbocycles. The summed E-state index contributed by atoms with van der Waals surface area (Å²) >= 11 is 1.99. The molecule has 2 atom stereocenters. The number of thioether (sulfide) groups is 1. The molecule has 0 fully saturated rings. The van der Waals surface area contributed by atoms with Crippen molar-refractivity contribution >= 4 is 40.3 Å². The van der Waals surface area contributed by atoms with E-state index >= 15 is 0 Å². The number of carbonyl (C=O) groups excluding carboxylic acids is 2. The highest BCUT2D eigenvalue weighted by Gasteiger charge is 2.29. The number of hydrogen-bond donors (Lipinski definition) is 1. The minimum absolute atomic E-state index is 0.0942. The number of aromatic nitrogens is 1. The summed E-state index contributed by atoms with van der Waals surface area (Å²) < 4.78 is 18.1. The van der Waals surface area contributed by atoms with Crippen LogP contribution in [0.25, 0.3) is 10.9 Å². The van der Waals surface area contributed by atoms with Crippen LogP contribution in [0.1, 0.15) is 90.7 Å². The van der Waals surface area contributed by atoms with Gasteiger partial charge in [-0.2, -0.15) is 0 Å². The summed E-state index contributed by atoms with van der Waals surface area (Å²) in [5.41, 5.74) is 2.51. The van der Waals surface area contributed by atoms with Crippen LogP contribution in [0, 0.1) is 0 Å². The van der Waals surface area contributed by atoms with Crippen molar-refractivity contribution in [2.45, 2.75) is 96.0 Å². The summed E-state index contributed by atoms with van der Waals surface area (Å²) in [4.78, 5) is 43.7. The van der Waals surface area contributed by atoms with Crippen molar-refractivity contribution in [3.63, 3.8) is 0 Å². The van der Waals surface area contributed by atoms with Crippen molar-refractivity contribution in [1.29, 1.82) is 0 Å². The first-order valence-electron chi connectivity index (χ1n) is 17.4. The number of nitrogens with zero attached hydrogens (tertiary/aromatic N) is 2. The van der Waals surface area contributed by atoms with Gasteiger partial charge in [-0.15, -0.1) is 11.8 Å². The third kappa shape index (κ3) is 11.4. The van der Waals surface area contributed by atoms with Gasteiger partial charge in [0.1, 0.15) is 5.75 Å². The van der Waals surface area contributed by atoms with Gasteiger partial charge in [-0.1, -0.05) is 57.6 Å². The molecular formula is C37H51N3O6S. The van der Waals surface area contributed by atoms with Crippen LogP contribution >= 0.6 is 11.8 Å². The maximum atomic E-state index is 13.1. The maximum absolute atomic E-state index is 13.1. The number of nitrogens with one attached hydrogen (secondary N) is 1. The van der Waals surface area contributed by atoms with Crippen molar-refractivity contribution in [2.75, 3.05) is 38.6 Å². The Morgan fingerprint density at radius 3 is 2.66 bits per heavy atom. The molecule has 0 radical (unpaired) electrons. The fourth-order valence-corrected chi connectivity index (χ4v) is 6.95.